The second-order valence-corrected chi connectivity index (χ2v) is 1.65. The van der Waals surface area contributed by atoms with Gasteiger partial charge in [-0.1, -0.05) is 0 Å². The molecule has 5 heteroatoms. The first-order valence-corrected chi connectivity index (χ1v) is 2.52. The fraction of sp³-hybridized carbons (Fsp3) is 0. The van der Waals surface area contributed by atoms with E-state index in [0.29, 0.717) is 6.29 Å². The van der Waals surface area contributed by atoms with E-state index < -0.39 is 4.92 Å². The molecule has 0 spiro atoms. The van der Waals surface area contributed by atoms with Crippen LogP contribution in [0.3, 0.4) is 0 Å². The molecule has 0 aromatic carbocycles. The summed E-state index contributed by atoms with van der Waals surface area (Å²) in [7, 11) is 0. The second-order valence-electron chi connectivity index (χ2n) is 1.65. The standard InChI is InChI=1S/C5H4N2O3/c8-3-4-5(7(9)10)1-2-6-4/h1-3,6H. The van der Waals surface area contributed by atoms with Crippen LogP contribution in [0.2, 0.25) is 0 Å². The van der Waals surface area contributed by atoms with Crippen LogP contribution in [-0.4, -0.2) is 16.2 Å². The molecule has 1 aromatic heterocycles. The Bertz CT molecular complexity index is 266. The number of hydrogen-bond acceptors (Lipinski definition) is 3. The molecule has 0 unspecified atom stereocenters. The Morgan fingerprint density at radius 3 is 2.80 bits per heavy atom. The van der Waals surface area contributed by atoms with Gasteiger partial charge in [-0.25, -0.2) is 0 Å². The summed E-state index contributed by atoms with van der Waals surface area (Å²) in [6.07, 6.45) is 1.76. The van der Waals surface area contributed by atoms with Crippen LogP contribution in [0.5, 0.6) is 0 Å². The summed E-state index contributed by atoms with van der Waals surface area (Å²) < 4.78 is 0. The molecule has 0 fully saturated rings. The number of carbonyl (C=O) groups excluding carboxylic acids is 1. The first-order valence-electron chi connectivity index (χ1n) is 2.52. The Morgan fingerprint density at radius 1 is 1.70 bits per heavy atom. The van der Waals surface area contributed by atoms with Crippen LogP contribution < -0.4 is 0 Å². The number of aromatic nitrogens is 1. The van der Waals surface area contributed by atoms with Gasteiger partial charge >= 0.3 is 0 Å². The quantitative estimate of drug-likeness (QED) is 0.374. The van der Waals surface area contributed by atoms with E-state index in [4.69, 9.17) is 0 Å². The van der Waals surface area contributed by atoms with Crippen molar-refractivity contribution >= 4 is 12.0 Å². The normalized spacial score (nSPS) is 9.20. The Balaban J connectivity index is 3.13. The SMILES string of the molecule is O=Cc1[nH]ccc1[N+](=O)[O-]. The highest BCUT2D eigenvalue weighted by Gasteiger charge is 2.12. The average Bonchev–Trinajstić information content (AvgIpc) is 2.33. The van der Waals surface area contributed by atoms with Gasteiger partial charge in [0.2, 0.25) is 0 Å². The number of hydrogen-bond donors (Lipinski definition) is 1. The van der Waals surface area contributed by atoms with Gasteiger partial charge in [-0.15, -0.1) is 0 Å². The van der Waals surface area contributed by atoms with Gasteiger partial charge in [0.05, 0.1) is 4.92 Å². The van der Waals surface area contributed by atoms with E-state index in [1.807, 2.05) is 0 Å². The summed E-state index contributed by atoms with van der Waals surface area (Å²) >= 11 is 0. The molecule has 1 N–H and O–H groups in total. The molecule has 0 radical (unpaired) electrons. The predicted octanol–water partition coefficient (Wildman–Crippen LogP) is 0.735. The second kappa shape index (κ2) is 2.30. The topological polar surface area (TPSA) is 76.0 Å². The molecule has 1 aromatic rings. The van der Waals surface area contributed by atoms with Crippen molar-refractivity contribution in [3.05, 3.63) is 28.1 Å². The summed E-state index contributed by atoms with van der Waals surface area (Å²) in [6, 6.07) is 1.24. The first kappa shape index (κ1) is 6.47. The third-order valence-electron chi connectivity index (χ3n) is 1.07. The number of aromatic amines is 1. The van der Waals surface area contributed by atoms with Crippen LogP contribution in [0.25, 0.3) is 0 Å². The summed E-state index contributed by atoms with van der Waals surface area (Å²) in [5, 5.41) is 10.1. The smallest absolute Gasteiger partial charge is 0.297 e. The maximum atomic E-state index is 10.1. The highest BCUT2D eigenvalue weighted by Crippen LogP contribution is 2.12. The fourth-order valence-corrected chi connectivity index (χ4v) is 0.628. The maximum absolute atomic E-state index is 10.1. The number of nitrogens with zero attached hydrogens (tertiary/aromatic N) is 1. The maximum Gasteiger partial charge on any atom is 0.297 e. The van der Waals surface area contributed by atoms with Crippen molar-refractivity contribution in [2.24, 2.45) is 0 Å². The van der Waals surface area contributed by atoms with Crippen molar-refractivity contribution in [2.75, 3.05) is 0 Å². The van der Waals surface area contributed by atoms with Crippen LogP contribution in [0.4, 0.5) is 5.69 Å². The lowest BCUT2D eigenvalue weighted by Gasteiger charge is -1.83. The Labute approximate surface area is 55.8 Å². The minimum Gasteiger partial charge on any atom is -0.353 e. The van der Waals surface area contributed by atoms with Crippen LogP contribution in [0, 0.1) is 10.1 Å². The molecule has 0 aliphatic heterocycles. The molecule has 0 saturated carbocycles. The van der Waals surface area contributed by atoms with Gasteiger partial charge in [0.15, 0.2) is 12.0 Å². The van der Waals surface area contributed by atoms with Gasteiger partial charge in [-0.05, 0) is 0 Å². The molecule has 10 heavy (non-hydrogen) atoms. The van der Waals surface area contributed by atoms with Crippen LogP contribution >= 0.6 is 0 Å². The van der Waals surface area contributed by atoms with Gasteiger partial charge in [0.1, 0.15) is 0 Å². The molecule has 0 atom stereocenters. The Hall–Kier alpha value is -1.65. The van der Waals surface area contributed by atoms with Crippen LogP contribution in [-0.2, 0) is 0 Å². The molecule has 5 nitrogen and oxygen atoms in total. The van der Waals surface area contributed by atoms with Gasteiger partial charge < -0.3 is 4.98 Å². The Kier molecular flexibility index (Phi) is 1.49. The Morgan fingerprint density at radius 2 is 2.40 bits per heavy atom. The van der Waals surface area contributed by atoms with Crippen LogP contribution in [0.15, 0.2) is 12.3 Å². The summed E-state index contributed by atoms with van der Waals surface area (Å²) in [6.45, 7) is 0. The van der Waals surface area contributed by atoms with Crippen molar-refractivity contribution in [3.63, 3.8) is 0 Å². The van der Waals surface area contributed by atoms with Crippen molar-refractivity contribution in [2.45, 2.75) is 0 Å². The van der Waals surface area contributed by atoms with Gasteiger partial charge in [-0.2, -0.15) is 0 Å². The number of carbonyl (C=O) groups is 1. The predicted molar refractivity (Wildman–Crippen MR) is 32.8 cm³/mol. The molecule has 0 aliphatic carbocycles. The van der Waals surface area contributed by atoms with E-state index in [2.05, 4.69) is 4.98 Å². The summed E-state index contributed by atoms with van der Waals surface area (Å²) in [5.41, 5.74) is -0.181. The number of H-pyrrole nitrogens is 1. The largest absolute Gasteiger partial charge is 0.353 e. The monoisotopic (exact) mass is 140 g/mol. The molecule has 1 rings (SSSR count). The number of nitro groups is 1. The van der Waals surface area contributed by atoms with Gasteiger partial charge in [-0.3, -0.25) is 14.9 Å². The number of nitrogens with one attached hydrogen (secondary N) is 1. The highest BCUT2D eigenvalue weighted by molar-refractivity contribution is 5.78. The van der Waals surface area contributed by atoms with Crippen molar-refractivity contribution in [1.82, 2.24) is 4.98 Å². The van der Waals surface area contributed by atoms with Crippen LogP contribution in [0.1, 0.15) is 10.5 Å². The third-order valence-corrected chi connectivity index (χ3v) is 1.07. The molecule has 0 saturated heterocycles. The average molecular weight is 140 g/mol. The van der Waals surface area contributed by atoms with Crippen molar-refractivity contribution in [3.8, 4) is 0 Å². The van der Waals surface area contributed by atoms with E-state index in [-0.39, 0.29) is 11.4 Å². The molecule has 0 bridgehead atoms. The minimum atomic E-state index is -0.611. The lowest BCUT2D eigenvalue weighted by atomic mass is 10.4. The number of aldehydes is 1. The summed E-state index contributed by atoms with van der Waals surface area (Å²) in [4.78, 5) is 21.9. The lowest BCUT2D eigenvalue weighted by Crippen LogP contribution is -1.90. The zero-order valence-electron chi connectivity index (χ0n) is 4.90. The molecule has 0 aliphatic rings. The summed E-state index contributed by atoms with van der Waals surface area (Å²) in [5.74, 6) is 0. The van der Waals surface area contributed by atoms with E-state index >= 15 is 0 Å². The fourth-order valence-electron chi connectivity index (χ4n) is 0.628. The zero-order valence-corrected chi connectivity index (χ0v) is 4.90. The molecule has 1 heterocycles. The van der Waals surface area contributed by atoms with Gasteiger partial charge in [0, 0.05) is 12.3 Å². The highest BCUT2D eigenvalue weighted by atomic mass is 16.6. The zero-order chi connectivity index (χ0) is 7.56. The first-order chi connectivity index (χ1) is 4.75. The number of rotatable bonds is 2. The molecular weight excluding hydrogens is 136 g/mol. The lowest BCUT2D eigenvalue weighted by molar-refractivity contribution is -0.384. The molecule has 52 valence electrons. The van der Waals surface area contributed by atoms with Crippen molar-refractivity contribution in [1.29, 1.82) is 0 Å². The van der Waals surface area contributed by atoms with E-state index in [9.17, 15) is 14.9 Å². The van der Waals surface area contributed by atoms with E-state index in [1.165, 1.54) is 12.3 Å². The minimum absolute atomic E-state index is 0.00463. The third kappa shape index (κ3) is 0.883. The molecular formula is C5H4N2O3. The van der Waals surface area contributed by atoms with Crippen molar-refractivity contribution < 1.29 is 9.72 Å². The molecule has 0 amide bonds. The van der Waals surface area contributed by atoms with Gasteiger partial charge in [0.25, 0.3) is 5.69 Å². The van der Waals surface area contributed by atoms with E-state index in [0.717, 1.165) is 0 Å². The van der Waals surface area contributed by atoms with E-state index in [1.54, 1.807) is 0 Å².